The lowest BCUT2D eigenvalue weighted by atomic mass is 9.85. The molecule has 0 nitrogen and oxygen atoms in total. The highest BCUT2D eigenvalue weighted by Crippen LogP contribution is 2.28. The van der Waals surface area contributed by atoms with E-state index in [0.29, 0.717) is 11.8 Å². The fourth-order valence-corrected chi connectivity index (χ4v) is 3.05. The molecule has 0 rings (SSSR count). The quantitative estimate of drug-likeness (QED) is 0.276. The lowest BCUT2D eigenvalue weighted by Gasteiger charge is -2.20. The van der Waals surface area contributed by atoms with E-state index < -0.39 is 0 Å². The van der Waals surface area contributed by atoms with Gasteiger partial charge < -0.3 is 0 Å². The third-order valence-corrected chi connectivity index (χ3v) is 5.07. The summed E-state index contributed by atoms with van der Waals surface area (Å²) in [4.78, 5) is 0. The van der Waals surface area contributed by atoms with Gasteiger partial charge in [-0.2, -0.15) is 0 Å². The Kier molecular flexibility index (Phi) is 13.6. The number of rotatable bonds is 14. The van der Waals surface area contributed by atoms with Gasteiger partial charge >= 0.3 is 0 Å². The summed E-state index contributed by atoms with van der Waals surface area (Å²) in [6.45, 7) is 21.9. The van der Waals surface area contributed by atoms with Crippen molar-refractivity contribution in [3.05, 3.63) is 48.1 Å². The first kappa shape index (κ1) is 24.0. The molecule has 0 heteroatoms. The second kappa shape index (κ2) is 14.2. The Hall–Kier alpha value is -1.04. The minimum atomic E-state index is 0.605. The van der Waals surface area contributed by atoms with Crippen molar-refractivity contribution in [2.45, 2.75) is 92.9 Å². The SMILES string of the molecule is C=CC(C)CCC(CC=C(C)CCC=C(C)C)C(=C)CCCC(C)C. The van der Waals surface area contributed by atoms with Crippen LogP contribution in [-0.4, -0.2) is 0 Å². The van der Waals surface area contributed by atoms with Crippen LogP contribution in [0.15, 0.2) is 48.1 Å². The van der Waals surface area contributed by atoms with Gasteiger partial charge in [0.05, 0.1) is 0 Å². The van der Waals surface area contributed by atoms with E-state index in [1.807, 2.05) is 0 Å². The van der Waals surface area contributed by atoms with Crippen molar-refractivity contribution in [2.24, 2.45) is 17.8 Å². The Labute approximate surface area is 159 Å². The molecule has 2 unspecified atom stereocenters. The van der Waals surface area contributed by atoms with Gasteiger partial charge in [-0.05, 0) is 83.5 Å². The maximum atomic E-state index is 4.45. The normalized spacial score (nSPS) is 14.3. The summed E-state index contributed by atoms with van der Waals surface area (Å²) >= 11 is 0. The van der Waals surface area contributed by atoms with E-state index >= 15 is 0 Å². The highest BCUT2D eigenvalue weighted by molar-refractivity contribution is 5.08. The van der Waals surface area contributed by atoms with Crippen molar-refractivity contribution in [3.8, 4) is 0 Å². The summed E-state index contributed by atoms with van der Waals surface area (Å²) in [6.07, 6.45) is 16.6. The van der Waals surface area contributed by atoms with Crippen LogP contribution in [0.3, 0.4) is 0 Å². The van der Waals surface area contributed by atoms with Crippen LogP contribution in [-0.2, 0) is 0 Å². The van der Waals surface area contributed by atoms with E-state index in [1.165, 1.54) is 55.2 Å². The Morgan fingerprint density at radius 2 is 1.60 bits per heavy atom. The summed E-state index contributed by atoms with van der Waals surface area (Å²) in [5.41, 5.74) is 4.40. The largest absolute Gasteiger partial charge is 0.103 e. The molecule has 25 heavy (non-hydrogen) atoms. The molecule has 0 aromatic rings. The molecule has 0 heterocycles. The lowest BCUT2D eigenvalue weighted by Crippen LogP contribution is -2.06. The Bertz CT molecular complexity index is 429. The summed E-state index contributed by atoms with van der Waals surface area (Å²) in [6, 6.07) is 0. The smallest absolute Gasteiger partial charge is 0.0171 e. The maximum absolute atomic E-state index is 4.45. The average molecular weight is 345 g/mol. The molecule has 0 N–H and O–H groups in total. The first-order chi connectivity index (χ1) is 11.8. The second-order valence-electron chi connectivity index (χ2n) is 8.54. The predicted octanol–water partition coefficient (Wildman–Crippen LogP) is 8.67. The standard InChI is InChI=1S/C25H44/c1-9-22(6)16-18-25(24(8)15-11-13-21(4)5)19-17-23(7)14-10-12-20(2)3/h9,12,17,21-22,25H,1,8,10-11,13-16,18-19H2,2-7H3. The van der Waals surface area contributed by atoms with E-state index in [4.69, 9.17) is 0 Å². The van der Waals surface area contributed by atoms with Gasteiger partial charge in [0.1, 0.15) is 0 Å². The number of hydrogen-bond donors (Lipinski definition) is 0. The van der Waals surface area contributed by atoms with Crippen LogP contribution < -0.4 is 0 Å². The third kappa shape index (κ3) is 13.9. The first-order valence-electron chi connectivity index (χ1n) is 10.3. The molecule has 0 radical (unpaired) electrons. The van der Waals surface area contributed by atoms with Crippen LogP contribution in [0.5, 0.6) is 0 Å². The van der Waals surface area contributed by atoms with Gasteiger partial charge in [0, 0.05) is 0 Å². The molecular weight excluding hydrogens is 300 g/mol. The van der Waals surface area contributed by atoms with E-state index in [2.05, 4.69) is 72.9 Å². The van der Waals surface area contributed by atoms with Crippen LogP contribution in [0.25, 0.3) is 0 Å². The molecule has 0 aliphatic carbocycles. The molecule has 144 valence electrons. The van der Waals surface area contributed by atoms with E-state index in [9.17, 15) is 0 Å². The van der Waals surface area contributed by atoms with Gasteiger partial charge in [0.2, 0.25) is 0 Å². The molecule has 0 saturated heterocycles. The molecule has 0 bridgehead atoms. The van der Waals surface area contributed by atoms with Gasteiger partial charge in [-0.3, -0.25) is 0 Å². The van der Waals surface area contributed by atoms with Crippen LogP contribution in [0.4, 0.5) is 0 Å². The second-order valence-corrected chi connectivity index (χ2v) is 8.54. The van der Waals surface area contributed by atoms with E-state index in [-0.39, 0.29) is 0 Å². The zero-order chi connectivity index (χ0) is 19.2. The molecule has 0 aliphatic heterocycles. The van der Waals surface area contributed by atoms with Crippen LogP contribution in [0.1, 0.15) is 92.9 Å². The third-order valence-electron chi connectivity index (χ3n) is 5.07. The van der Waals surface area contributed by atoms with Crippen LogP contribution in [0, 0.1) is 17.8 Å². The van der Waals surface area contributed by atoms with Crippen molar-refractivity contribution >= 4 is 0 Å². The van der Waals surface area contributed by atoms with Gasteiger partial charge in [-0.1, -0.05) is 68.7 Å². The highest BCUT2D eigenvalue weighted by Gasteiger charge is 2.13. The minimum absolute atomic E-state index is 0.605. The van der Waals surface area contributed by atoms with Crippen LogP contribution >= 0.6 is 0 Å². The van der Waals surface area contributed by atoms with E-state index in [0.717, 1.165) is 18.8 Å². The minimum Gasteiger partial charge on any atom is -0.103 e. The monoisotopic (exact) mass is 344 g/mol. The molecule has 0 aromatic heterocycles. The molecule has 0 saturated carbocycles. The molecule has 0 amide bonds. The summed E-state index contributed by atoms with van der Waals surface area (Å²) in [7, 11) is 0. The summed E-state index contributed by atoms with van der Waals surface area (Å²) in [5, 5.41) is 0. The first-order valence-corrected chi connectivity index (χ1v) is 10.3. The Balaban J connectivity index is 4.62. The van der Waals surface area contributed by atoms with E-state index in [1.54, 1.807) is 0 Å². The Morgan fingerprint density at radius 1 is 0.920 bits per heavy atom. The summed E-state index contributed by atoms with van der Waals surface area (Å²) < 4.78 is 0. The predicted molar refractivity (Wildman–Crippen MR) is 117 cm³/mol. The lowest BCUT2D eigenvalue weighted by molar-refractivity contribution is 0.469. The molecule has 0 aliphatic rings. The zero-order valence-corrected chi connectivity index (χ0v) is 18.0. The van der Waals surface area contributed by atoms with Gasteiger partial charge in [0.15, 0.2) is 0 Å². The fourth-order valence-electron chi connectivity index (χ4n) is 3.05. The topological polar surface area (TPSA) is 0 Å². The molecule has 0 aromatic carbocycles. The number of hydrogen-bond acceptors (Lipinski definition) is 0. The number of allylic oxidation sites excluding steroid dienone is 6. The summed E-state index contributed by atoms with van der Waals surface area (Å²) in [5.74, 6) is 2.03. The van der Waals surface area contributed by atoms with Gasteiger partial charge in [-0.15, -0.1) is 6.58 Å². The molecule has 2 atom stereocenters. The molecule has 0 spiro atoms. The van der Waals surface area contributed by atoms with Crippen molar-refractivity contribution in [2.75, 3.05) is 0 Å². The Morgan fingerprint density at radius 3 is 2.16 bits per heavy atom. The van der Waals surface area contributed by atoms with Crippen molar-refractivity contribution in [3.63, 3.8) is 0 Å². The molecular formula is C25H44. The van der Waals surface area contributed by atoms with Gasteiger partial charge in [0.25, 0.3) is 0 Å². The zero-order valence-electron chi connectivity index (χ0n) is 18.0. The molecule has 0 fully saturated rings. The maximum Gasteiger partial charge on any atom is -0.0171 e. The van der Waals surface area contributed by atoms with Crippen molar-refractivity contribution in [1.29, 1.82) is 0 Å². The fraction of sp³-hybridized carbons (Fsp3) is 0.680. The van der Waals surface area contributed by atoms with Crippen molar-refractivity contribution in [1.82, 2.24) is 0 Å². The average Bonchev–Trinajstić information content (AvgIpc) is 2.53. The van der Waals surface area contributed by atoms with Crippen LogP contribution in [0.2, 0.25) is 0 Å². The van der Waals surface area contributed by atoms with Gasteiger partial charge in [-0.25, -0.2) is 0 Å². The highest BCUT2D eigenvalue weighted by atomic mass is 14.2. The van der Waals surface area contributed by atoms with Crippen molar-refractivity contribution < 1.29 is 0 Å².